The molecule has 5 heteroatoms. The number of nitrogens with zero attached hydrogens (tertiary/aromatic N) is 1. The third kappa shape index (κ3) is 1.83. The van der Waals surface area contributed by atoms with Gasteiger partial charge in [-0.25, -0.2) is 0 Å². The Balaban J connectivity index is 2.50. The highest BCUT2D eigenvalue weighted by atomic mass is 79.9. The van der Waals surface area contributed by atoms with Gasteiger partial charge < -0.3 is 15.0 Å². The van der Waals surface area contributed by atoms with Crippen LogP contribution < -0.4 is 10.5 Å². The molecule has 0 aliphatic heterocycles. The summed E-state index contributed by atoms with van der Waals surface area (Å²) in [6, 6.07) is 5.61. The lowest BCUT2D eigenvalue weighted by Gasteiger charge is -2.04. The molecule has 0 saturated carbocycles. The van der Waals surface area contributed by atoms with Crippen LogP contribution in [0, 0.1) is 0 Å². The molecule has 0 fully saturated rings. The van der Waals surface area contributed by atoms with Crippen LogP contribution in [0.1, 0.15) is 0 Å². The molecule has 0 amide bonds. The molecule has 0 bridgehead atoms. The van der Waals surface area contributed by atoms with Gasteiger partial charge >= 0.3 is 0 Å². The summed E-state index contributed by atoms with van der Waals surface area (Å²) in [5.74, 6) is 1.08. The lowest BCUT2D eigenvalue weighted by molar-refractivity contribution is 0.414. The molecule has 0 aliphatic rings. The Bertz CT molecular complexity index is 482. The van der Waals surface area contributed by atoms with E-state index in [0.29, 0.717) is 5.88 Å². The van der Waals surface area contributed by atoms with E-state index >= 15 is 0 Å². The number of nitrogen functional groups attached to an aromatic ring is 1. The van der Waals surface area contributed by atoms with E-state index in [2.05, 4.69) is 21.1 Å². The highest BCUT2D eigenvalue weighted by molar-refractivity contribution is 9.10. The SMILES string of the molecule is COc1ccc(-c2cnoc2N)c(Br)c1. The Labute approximate surface area is 95.1 Å². The zero-order chi connectivity index (χ0) is 10.8. The molecule has 0 spiro atoms. The van der Waals surface area contributed by atoms with Crippen LogP contribution in [0.5, 0.6) is 5.75 Å². The van der Waals surface area contributed by atoms with Crippen molar-refractivity contribution in [2.45, 2.75) is 0 Å². The van der Waals surface area contributed by atoms with Crippen molar-refractivity contribution in [2.24, 2.45) is 0 Å². The third-order valence-electron chi connectivity index (χ3n) is 2.06. The van der Waals surface area contributed by atoms with E-state index in [1.807, 2.05) is 18.2 Å². The molecular weight excluding hydrogens is 260 g/mol. The van der Waals surface area contributed by atoms with Crippen LogP contribution in [0.4, 0.5) is 5.88 Å². The predicted molar refractivity (Wildman–Crippen MR) is 60.6 cm³/mol. The Kier molecular flexibility index (Phi) is 2.64. The fourth-order valence-corrected chi connectivity index (χ4v) is 1.86. The van der Waals surface area contributed by atoms with E-state index in [1.54, 1.807) is 13.3 Å². The average Bonchev–Trinajstić information content (AvgIpc) is 2.64. The summed E-state index contributed by atoms with van der Waals surface area (Å²) in [6.07, 6.45) is 1.59. The second-order valence-electron chi connectivity index (χ2n) is 2.95. The predicted octanol–water partition coefficient (Wildman–Crippen LogP) is 2.69. The molecule has 0 radical (unpaired) electrons. The summed E-state index contributed by atoms with van der Waals surface area (Å²) in [5, 5.41) is 3.63. The van der Waals surface area contributed by atoms with Crippen molar-refractivity contribution < 1.29 is 9.26 Å². The molecule has 1 aromatic carbocycles. The number of halogens is 1. The van der Waals surface area contributed by atoms with Gasteiger partial charge in [0.05, 0.1) is 18.9 Å². The summed E-state index contributed by atoms with van der Waals surface area (Å²) in [6.45, 7) is 0. The molecule has 2 N–H and O–H groups in total. The van der Waals surface area contributed by atoms with Crippen molar-refractivity contribution in [1.82, 2.24) is 5.16 Å². The summed E-state index contributed by atoms with van der Waals surface area (Å²) in [4.78, 5) is 0. The summed E-state index contributed by atoms with van der Waals surface area (Å²) < 4.78 is 10.8. The van der Waals surface area contributed by atoms with E-state index < -0.39 is 0 Å². The van der Waals surface area contributed by atoms with Crippen molar-refractivity contribution in [2.75, 3.05) is 12.8 Å². The van der Waals surface area contributed by atoms with Crippen LogP contribution in [0.3, 0.4) is 0 Å². The Morgan fingerprint density at radius 2 is 2.20 bits per heavy atom. The number of hydrogen-bond donors (Lipinski definition) is 1. The number of benzene rings is 1. The van der Waals surface area contributed by atoms with Crippen LogP contribution in [0.25, 0.3) is 11.1 Å². The second-order valence-corrected chi connectivity index (χ2v) is 3.80. The van der Waals surface area contributed by atoms with Crippen molar-refractivity contribution in [3.05, 3.63) is 28.9 Å². The standard InChI is InChI=1S/C10H9BrN2O2/c1-14-6-2-3-7(9(11)4-6)8-5-13-15-10(8)12/h2-5H,12H2,1H3. The van der Waals surface area contributed by atoms with E-state index in [-0.39, 0.29) is 0 Å². The van der Waals surface area contributed by atoms with Crippen molar-refractivity contribution in [3.8, 4) is 16.9 Å². The number of anilines is 1. The molecule has 1 aromatic heterocycles. The van der Waals surface area contributed by atoms with E-state index in [9.17, 15) is 0 Å². The van der Waals surface area contributed by atoms with Crippen LogP contribution in [0.2, 0.25) is 0 Å². The Morgan fingerprint density at radius 3 is 2.73 bits per heavy atom. The topological polar surface area (TPSA) is 61.3 Å². The van der Waals surface area contributed by atoms with Crippen LogP contribution in [0.15, 0.2) is 33.4 Å². The number of methoxy groups -OCH3 is 1. The summed E-state index contributed by atoms with van der Waals surface area (Å²) >= 11 is 3.44. The van der Waals surface area contributed by atoms with Gasteiger partial charge in [0.15, 0.2) is 0 Å². The molecular formula is C10H9BrN2O2. The largest absolute Gasteiger partial charge is 0.497 e. The normalized spacial score (nSPS) is 10.3. The van der Waals surface area contributed by atoms with E-state index in [4.69, 9.17) is 15.0 Å². The molecule has 1 heterocycles. The van der Waals surface area contributed by atoms with Gasteiger partial charge in [-0.1, -0.05) is 21.1 Å². The third-order valence-corrected chi connectivity index (χ3v) is 2.72. The van der Waals surface area contributed by atoms with Gasteiger partial charge in [-0.3, -0.25) is 0 Å². The first kappa shape index (κ1) is 10.0. The molecule has 0 atom stereocenters. The average molecular weight is 269 g/mol. The molecule has 0 saturated heterocycles. The monoisotopic (exact) mass is 268 g/mol. The first-order valence-corrected chi connectivity index (χ1v) is 5.05. The maximum absolute atomic E-state index is 5.63. The fraction of sp³-hybridized carbons (Fsp3) is 0.100. The second kappa shape index (κ2) is 3.94. The van der Waals surface area contributed by atoms with E-state index in [1.165, 1.54) is 0 Å². The molecule has 78 valence electrons. The van der Waals surface area contributed by atoms with Crippen molar-refractivity contribution >= 4 is 21.8 Å². The van der Waals surface area contributed by atoms with Gasteiger partial charge in [0.2, 0.25) is 5.88 Å². The van der Waals surface area contributed by atoms with Gasteiger partial charge in [-0.15, -0.1) is 0 Å². The van der Waals surface area contributed by atoms with Gasteiger partial charge in [0.25, 0.3) is 0 Å². The van der Waals surface area contributed by atoms with Gasteiger partial charge in [-0.05, 0) is 18.2 Å². The molecule has 2 rings (SSSR count). The number of nitrogens with two attached hydrogens (primary N) is 1. The molecule has 2 aromatic rings. The van der Waals surface area contributed by atoms with Crippen LogP contribution >= 0.6 is 15.9 Å². The highest BCUT2D eigenvalue weighted by Crippen LogP contribution is 2.34. The Hall–Kier alpha value is -1.49. The minimum atomic E-state index is 0.306. The minimum Gasteiger partial charge on any atom is -0.497 e. The molecule has 4 nitrogen and oxygen atoms in total. The molecule has 15 heavy (non-hydrogen) atoms. The lowest BCUT2D eigenvalue weighted by Crippen LogP contribution is -1.87. The van der Waals surface area contributed by atoms with Gasteiger partial charge in [0, 0.05) is 10.0 Å². The number of aromatic nitrogens is 1. The van der Waals surface area contributed by atoms with Crippen LogP contribution in [-0.4, -0.2) is 12.3 Å². The first-order valence-electron chi connectivity index (χ1n) is 4.26. The van der Waals surface area contributed by atoms with Crippen LogP contribution in [-0.2, 0) is 0 Å². The zero-order valence-corrected chi connectivity index (χ0v) is 9.61. The number of rotatable bonds is 2. The van der Waals surface area contributed by atoms with Gasteiger partial charge in [0.1, 0.15) is 5.75 Å². The molecule has 0 unspecified atom stereocenters. The maximum atomic E-state index is 5.63. The lowest BCUT2D eigenvalue weighted by atomic mass is 10.1. The fourth-order valence-electron chi connectivity index (χ4n) is 1.29. The quantitative estimate of drug-likeness (QED) is 0.910. The maximum Gasteiger partial charge on any atom is 0.229 e. The van der Waals surface area contributed by atoms with Crippen molar-refractivity contribution in [3.63, 3.8) is 0 Å². The highest BCUT2D eigenvalue weighted by Gasteiger charge is 2.10. The summed E-state index contributed by atoms with van der Waals surface area (Å²) in [5.41, 5.74) is 7.32. The number of ether oxygens (including phenoxy) is 1. The first-order chi connectivity index (χ1) is 7.22. The molecule has 0 aliphatic carbocycles. The smallest absolute Gasteiger partial charge is 0.229 e. The summed E-state index contributed by atoms with van der Waals surface area (Å²) in [7, 11) is 1.62. The number of hydrogen-bond acceptors (Lipinski definition) is 4. The zero-order valence-electron chi connectivity index (χ0n) is 8.03. The van der Waals surface area contributed by atoms with Gasteiger partial charge in [-0.2, -0.15) is 0 Å². The van der Waals surface area contributed by atoms with Crippen molar-refractivity contribution in [1.29, 1.82) is 0 Å². The Morgan fingerprint density at radius 1 is 1.40 bits per heavy atom. The minimum absolute atomic E-state index is 0.306. The van der Waals surface area contributed by atoms with E-state index in [0.717, 1.165) is 21.3 Å².